The lowest BCUT2D eigenvalue weighted by molar-refractivity contribution is -0.137. The van der Waals surface area contributed by atoms with Crippen LogP contribution in [0.4, 0.5) is 23.4 Å². The minimum Gasteiger partial charge on any atom is -0.352 e. The van der Waals surface area contributed by atoms with E-state index >= 15 is 0 Å². The average molecular weight is 638 g/mol. The second kappa shape index (κ2) is 11.6. The number of hydrogen-bond acceptors (Lipinski definition) is 6. The summed E-state index contributed by atoms with van der Waals surface area (Å²) in [5.74, 6) is -0.497. The summed E-state index contributed by atoms with van der Waals surface area (Å²) in [5.41, 5.74) is 0.692. The first-order valence-electron chi connectivity index (χ1n) is 14.6. The second-order valence-corrected chi connectivity index (χ2v) is 12.7. The van der Waals surface area contributed by atoms with Gasteiger partial charge in [-0.25, -0.2) is 9.18 Å². The number of halogens is 4. The Morgan fingerprint density at radius 1 is 1.07 bits per heavy atom. The number of alkyl halides is 3. The van der Waals surface area contributed by atoms with Crippen LogP contribution < -0.4 is 10.6 Å². The second-order valence-electron chi connectivity index (χ2n) is 11.6. The molecule has 2 aliphatic rings. The molecule has 2 aromatic carbocycles. The molecule has 0 N–H and O–H groups in total. The molecule has 1 saturated heterocycles. The number of carbonyl (C=O) groups is 1. The van der Waals surface area contributed by atoms with Gasteiger partial charge < -0.3 is 9.80 Å². The van der Waals surface area contributed by atoms with Crippen molar-refractivity contribution in [1.29, 1.82) is 0 Å². The normalized spacial score (nSPS) is 20.3. The molecule has 2 aromatic heterocycles. The van der Waals surface area contributed by atoms with Crippen molar-refractivity contribution in [3.63, 3.8) is 0 Å². The van der Waals surface area contributed by atoms with Gasteiger partial charge in [0.1, 0.15) is 11.6 Å². The molecule has 2 aliphatic heterocycles. The predicted molar refractivity (Wildman–Crippen MR) is 167 cm³/mol. The summed E-state index contributed by atoms with van der Waals surface area (Å²) in [4.78, 5) is 38.9. The highest BCUT2D eigenvalue weighted by Crippen LogP contribution is 2.49. The van der Waals surface area contributed by atoms with E-state index in [-0.39, 0.29) is 65.9 Å². The van der Waals surface area contributed by atoms with E-state index in [1.165, 1.54) is 34.5 Å². The molecule has 3 atom stereocenters. The molecular formula is C33H31F4N5O2S. The SMILES string of the molecule is C=CC(=O)N1[C@H](C)CN(c2nc(=O)n3c4c(c(-c5ccc(F)cc5)c(C(F)(F)F)cc24)SC[C@@H](c2ccnc(C)c2)C3)C[C@@H]1C. The lowest BCUT2D eigenvalue weighted by Crippen LogP contribution is -2.58. The van der Waals surface area contributed by atoms with Crippen molar-refractivity contribution in [2.75, 3.05) is 23.7 Å². The zero-order chi connectivity index (χ0) is 32.2. The van der Waals surface area contributed by atoms with Crippen molar-refractivity contribution >= 4 is 34.4 Å². The van der Waals surface area contributed by atoms with E-state index in [4.69, 9.17) is 0 Å². The Morgan fingerprint density at radius 3 is 2.38 bits per heavy atom. The maximum absolute atomic E-state index is 15.0. The minimum absolute atomic E-state index is 0.0972. The number of piperazine rings is 1. The van der Waals surface area contributed by atoms with Gasteiger partial charge in [-0.3, -0.25) is 14.3 Å². The highest BCUT2D eigenvalue weighted by Gasteiger charge is 2.40. The van der Waals surface area contributed by atoms with Crippen molar-refractivity contribution in [3.05, 3.63) is 94.4 Å². The summed E-state index contributed by atoms with van der Waals surface area (Å²) in [7, 11) is 0. The number of amides is 1. The first-order chi connectivity index (χ1) is 21.4. The predicted octanol–water partition coefficient (Wildman–Crippen LogP) is 6.43. The molecule has 0 aliphatic carbocycles. The van der Waals surface area contributed by atoms with Crippen LogP contribution in [0.5, 0.6) is 0 Å². The molecule has 7 nitrogen and oxygen atoms in total. The molecule has 0 bridgehead atoms. The maximum Gasteiger partial charge on any atom is 0.417 e. The van der Waals surface area contributed by atoms with Gasteiger partial charge in [-0.2, -0.15) is 18.2 Å². The molecule has 0 saturated carbocycles. The van der Waals surface area contributed by atoms with Gasteiger partial charge in [-0.1, -0.05) is 18.7 Å². The monoisotopic (exact) mass is 637 g/mol. The number of aromatic nitrogens is 3. The van der Waals surface area contributed by atoms with Crippen LogP contribution in [0.25, 0.3) is 22.0 Å². The van der Waals surface area contributed by atoms with Gasteiger partial charge in [0.25, 0.3) is 0 Å². The smallest absolute Gasteiger partial charge is 0.352 e. The molecule has 6 rings (SSSR count). The largest absolute Gasteiger partial charge is 0.417 e. The van der Waals surface area contributed by atoms with Crippen molar-refractivity contribution in [2.24, 2.45) is 0 Å². The van der Waals surface area contributed by atoms with Gasteiger partial charge in [0, 0.05) is 71.1 Å². The molecule has 4 heterocycles. The zero-order valence-electron chi connectivity index (χ0n) is 24.9. The van der Waals surface area contributed by atoms with Gasteiger partial charge in [-0.05, 0) is 68.3 Å². The van der Waals surface area contributed by atoms with Crippen LogP contribution in [0.15, 0.2) is 71.0 Å². The van der Waals surface area contributed by atoms with Gasteiger partial charge in [0.15, 0.2) is 0 Å². The van der Waals surface area contributed by atoms with Crippen molar-refractivity contribution in [1.82, 2.24) is 19.4 Å². The number of nitrogens with zero attached hydrogens (tertiary/aromatic N) is 5. The Balaban J connectivity index is 1.63. The quantitative estimate of drug-likeness (QED) is 0.190. The summed E-state index contributed by atoms with van der Waals surface area (Å²) in [6.07, 6.45) is -1.85. The molecule has 45 heavy (non-hydrogen) atoms. The Labute approximate surface area is 261 Å². The summed E-state index contributed by atoms with van der Waals surface area (Å²) in [6.45, 7) is 9.86. The van der Waals surface area contributed by atoms with E-state index < -0.39 is 23.2 Å². The van der Waals surface area contributed by atoms with Gasteiger partial charge in [0.2, 0.25) is 5.91 Å². The van der Waals surface area contributed by atoms with Crippen LogP contribution >= 0.6 is 11.8 Å². The number of anilines is 1. The lowest BCUT2D eigenvalue weighted by atomic mass is 9.95. The van der Waals surface area contributed by atoms with Crippen LogP contribution in [0.2, 0.25) is 0 Å². The third kappa shape index (κ3) is 5.60. The zero-order valence-corrected chi connectivity index (χ0v) is 25.8. The van der Waals surface area contributed by atoms with Crippen molar-refractivity contribution in [3.8, 4) is 11.1 Å². The van der Waals surface area contributed by atoms with Crippen molar-refractivity contribution < 1.29 is 22.4 Å². The molecule has 4 aromatic rings. The van der Waals surface area contributed by atoms with Crippen LogP contribution in [0.1, 0.15) is 36.6 Å². The molecule has 0 spiro atoms. The summed E-state index contributed by atoms with van der Waals surface area (Å²) in [6, 6.07) is 9.15. The summed E-state index contributed by atoms with van der Waals surface area (Å²) < 4.78 is 60.3. The third-order valence-corrected chi connectivity index (χ3v) is 9.76. The van der Waals surface area contributed by atoms with E-state index in [0.29, 0.717) is 16.2 Å². The standard InChI is InChI=1S/C33H31F4N5O2S/c1-5-27(43)42-19(3)14-40(15-20(42)4)31-25-13-26(33(35,36)37)28(21-6-8-24(34)9-7-21)30-29(25)41(32(44)39-31)16-23(17-45-30)22-10-11-38-18(2)12-22/h5-13,19-20,23H,1,14-17H2,2-4H3/t19-,20+,23-/m0/s1. The number of thioether (sulfide) groups is 1. The molecule has 0 unspecified atom stereocenters. The number of hydrogen-bond donors (Lipinski definition) is 0. The van der Waals surface area contributed by atoms with Crippen LogP contribution in [0, 0.1) is 12.7 Å². The average Bonchev–Trinajstić information content (AvgIpc) is 3.19. The van der Waals surface area contributed by atoms with Gasteiger partial charge in [0.05, 0.1) is 11.1 Å². The fourth-order valence-electron chi connectivity index (χ4n) is 6.59. The van der Waals surface area contributed by atoms with E-state index in [9.17, 15) is 27.2 Å². The third-order valence-electron chi connectivity index (χ3n) is 8.51. The van der Waals surface area contributed by atoms with Gasteiger partial charge in [-0.15, -0.1) is 11.8 Å². The fraction of sp³-hybridized carbons (Fsp3) is 0.333. The number of benzene rings is 2. The Kier molecular flexibility index (Phi) is 7.96. The molecule has 12 heteroatoms. The minimum atomic E-state index is -4.77. The number of aryl methyl sites for hydroxylation is 1. The maximum atomic E-state index is 15.0. The Bertz CT molecular complexity index is 1860. The molecule has 1 fully saturated rings. The molecular weight excluding hydrogens is 606 g/mol. The van der Waals surface area contributed by atoms with Crippen LogP contribution in [-0.2, 0) is 17.5 Å². The summed E-state index contributed by atoms with van der Waals surface area (Å²) >= 11 is 1.26. The van der Waals surface area contributed by atoms with E-state index in [2.05, 4.69) is 16.5 Å². The van der Waals surface area contributed by atoms with Crippen LogP contribution in [-0.4, -0.2) is 56.3 Å². The Morgan fingerprint density at radius 2 is 1.76 bits per heavy atom. The highest BCUT2D eigenvalue weighted by atomic mass is 32.2. The lowest BCUT2D eigenvalue weighted by Gasteiger charge is -2.44. The molecule has 234 valence electrons. The van der Waals surface area contributed by atoms with E-state index in [1.54, 1.807) is 16.0 Å². The van der Waals surface area contributed by atoms with E-state index in [0.717, 1.165) is 29.5 Å². The highest BCUT2D eigenvalue weighted by molar-refractivity contribution is 7.99. The first-order valence-corrected chi connectivity index (χ1v) is 15.6. The van der Waals surface area contributed by atoms with Crippen LogP contribution in [0.3, 0.4) is 0 Å². The fourth-order valence-corrected chi connectivity index (χ4v) is 7.98. The Hall–Kier alpha value is -4.19. The van der Waals surface area contributed by atoms with Crippen molar-refractivity contribution in [2.45, 2.75) is 56.4 Å². The molecule has 0 radical (unpaired) electrons. The molecule has 1 amide bonds. The van der Waals surface area contributed by atoms with Gasteiger partial charge >= 0.3 is 11.9 Å². The van der Waals surface area contributed by atoms with E-state index in [1.807, 2.05) is 32.9 Å². The number of pyridine rings is 1. The number of carbonyl (C=O) groups excluding carboxylic acids is 1. The summed E-state index contributed by atoms with van der Waals surface area (Å²) in [5, 5.41) is 0.199. The number of rotatable bonds is 4. The first kappa shape index (κ1) is 30.8. The topological polar surface area (TPSA) is 71.3 Å².